The van der Waals surface area contributed by atoms with E-state index in [1.807, 2.05) is 0 Å². The Morgan fingerprint density at radius 1 is 1.20 bits per heavy atom. The average molecular weight is 429 g/mol. The Hall–Kier alpha value is -2.45. The summed E-state index contributed by atoms with van der Waals surface area (Å²) in [6.45, 7) is -0.506. The van der Waals surface area contributed by atoms with Gasteiger partial charge in [0.25, 0.3) is 5.69 Å². The Bertz CT molecular complexity index is 855. The maximum atomic E-state index is 12.1. The molecule has 0 aliphatic heterocycles. The average Bonchev–Trinajstić information content (AvgIpc) is 2.59. The second-order valence-corrected chi connectivity index (χ2v) is 6.03. The highest BCUT2D eigenvalue weighted by Crippen LogP contribution is 2.26. The van der Waals surface area contributed by atoms with Crippen molar-refractivity contribution in [2.45, 2.75) is 0 Å². The molecule has 0 amide bonds. The monoisotopic (exact) mass is 427 g/mol. The summed E-state index contributed by atoms with van der Waals surface area (Å²) in [5, 5.41) is 10.7. The van der Waals surface area contributed by atoms with Crippen LogP contribution in [-0.4, -0.2) is 30.4 Å². The fourth-order valence-corrected chi connectivity index (χ4v) is 2.64. The molecule has 2 aromatic carbocycles. The number of Topliss-reactive ketones (excluding diaryl/α,β-unsaturated/α-hetero) is 1. The molecule has 9 heteroatoms. The first-order chi connectivity index (χ1) is 11.8. The van der Waals surface area contributed by atoms with E-state index < -0.39 is 29.0 Å². The van der Waals surface area contributed by atoms with Gasteiger partial charge in [0.15, 0.2) is 12.4 Å². The molecule has 25 heavy (non-hydrogen) atoms. The molecule has 0 radical (unpaired) electrons. The zero-order valence-corrected chi connectivity index (χ0v) is 15.2. The number of ketones is 1. The van der Waals surface area contributed by atoms with Gasteiger partial charge in [-0.15, -0.1) is 0 Å². The van der Waals surface area contributed by atoms with Crippen molar-refractivity contribution >= 4 is 45.0 Å². The normalized spacial score (nSPS) is 10.2. The maximum Gasteiger partial charge on any atom is 0.338 e. The van der Waals surface area contributed by atoms with Gasteiger partial charge >= 0.3 is 5.97 Å². The van der Waals surface area contributed by atoms with E-state index in [-0.39, 0.29) is 10.6 Å². The highest BCUT2D eigenvalue weighted by Gasteiger charge is 2.18. The molecule has 0 bridgehead atoms. The molecule has 0 saturated carbocycles. The molecule has 0 aliphatic rings. The summed E-state index contributed by atoms with van der Waals surface area (Å²) in [7, 11) is 1.49. The lowest BCUT2D eigenvalue weighted by atomic mass is 10.1. The molecule has 0 fully saturated rings. The zero-order chi connectivity index (χ0) is 18.6. The van der Waals surface area contributed by atoms with Crippen molar-refractivity contribution in [2.24, 2.45) is 0 Å². The van der Waals surface area contributed by atoms with Crippen molar-refractivity contribution in [3.8, 4) is 5.75 Å². The number of carbonyl (C=O) groups excluding carboxylic acids is 2. The van der Waals surface area contributed by atoms with Crippen molar-refractivity contribution in [3.05, 3.63) is 67.1 Å². The third-order valence-electron chi connectivity index (χ3n) is 3.19. The van der Waals surface area contributed by atoms with Crippen molar-refractivity contribution in [1.82, 2.24) is 0 Å². The molecule has 7 nitrogen and oxygen atoms in total. The minimum Gasteiger partial charge on any atom is -0.496 e. The maximum absolute atomic E-state index is 12.1. The fraction of sp³-hybridized carbons (Fsp3) is 0.125. The van der Waals surface area contributed by atoms with Gasteiger partial charge in [0.2, 0.25) is 0 Å². The van der Waals surface area contributed by atoms with Crippen LogP contribution in [0, 0.1) is 10.1 Å². The summed E-state index contributed by atoms with van der Waals surface area (Å²) >= 11 is 8.94. The van der Waals surface area contributed by atoms with Gasteiger partial charge < -0.3 is 9.47 Å². The van der Waals surface area contributed by atoms with E-state index in [9.17, 15) is 19.7 Å². The van der Waals surface area contributed by atoms with Gasteiger partial charge in [-0.05, 0) is 46.3 Å². The standard InChI is InChI=1S/C16H11BrClNO6/c1-24-15-5-3-9(6-11(15)17)14(20)8-25-16(21)10-2-4-12(18)13(7-10)19(22)23/h2-7H,8H2,1H3. The van der Waals surface area contributed by atoms with E-state index in [0.29, 0.717) is 15.8 Å². The largest absolute Gasteiger partial charge is 0.496 e. The first kappa shape index (κ1) is 18.9. The third-order valence-corrected chi connectivity index (χ3v) is 4.13. The SMILES string of the molecule is COc1ccc(C(=O)COC(=O)c2ccc(Cl)c([N+](=O)[O-])c2)cc1Br. The number of carbonyl (C=O) groups is 2. The van der Waals surface area contributed by atoms with Gasteiger partial charge in [0.1, 0.15) is 10.8 Å². The molecular formula is C16H11BrClNO6. The number of nitrogens with zero attached hydrogens (tertiary/aromatic N) is 1. The topological polar surface area (TPSA) is 95.7 Å². The molecule has 2 rings (SSSR count). The summed E-state index contributed by atoms with van der Waals surface area (Å²) in [6.07, 6.45) is 0. The Morgan fingerprint density at radius 3 is 2.48 bits per heavy atom. The van der Waals surface area contributed by atoms with E-state index in [2.05, 4.69) is 15.9 Å². The van der Waals surface area contributed by atoms with E-state index in [4.69, 9.17) is 21.1 Å². The molecule has 2 aromatic rings. The van der Waals surface area contributed by atoms with Crippen LogP contribution in [0.2, 0.25) is 5.02 Å². The van der Waals surface area contributed by atoms with Gasteiger partial charge in [-0.25, -0.2) is 4.79 Å². The van der Waals surface area contributed by atoms with Crippen molar-refractivity contribution in [3.63, 3.8) is 0 Å². The minimum absolute atomic E-state index is 0.0696. The third kappa shape index (κ3) is 4.55. The number of esters is 1. The molecule has 0 N–H and O–H groups in total. The lowest BCUT2D eigenvalue weighted by Crippen LogP contribution is -2.14. The molecule has 0 atom stereocenters. The Kier molecular flexibility index (Phi) is 6.11. The van der Waals surface area contributed by atoms with Crippen LogP contribution in [0.3, 0.4) is 0 Å². The number of ether oxygens (including phenoxy) is 2. The van der Waals surface area contributed by atoms with Crippen LogP contribution in [0.1, 0.15) is 20.7 Å². The Labute approximate surface area is 155 Å². The second kappa shape index (κ2) is 8.09. The second-order valence-electron chi connectivity index (χ2n) is 4.77. The molecule has 0 aromatic heterocycles. The smallest absolute Gasteiger partial charge is 0.338 e. The highest BCUT2D eigenvalue weighted by molar-refractivity contribution is 9.10. The Balaban J connectivity index is 2.07. The van der Waals surface area contributed by atoms with Crippen molar-refractivity contribution in [2.75, 3.05) is 13.7 Å². The summed E-state index contributed by atoms with van der Waals surface area (Å²) < 4.78 is 10.6. The molecule has 0 saturated heterocycles. The molecule has 0 heterocycles. The van der Waals surface area contributed by atoms with E-state index >= 15 is 0 Å². The van der Waals surface area contributed by atoms with Gasteiger partial charge in [-0.2, -0.15) is 0 Å². The number of hydrogen-bond donors (Lipinski definition) is 0. The number of nitro groups is 1. The predicted molar refractivity (Wildman–Crippen MR) is 93.4 cm³/mol. The van der Waals surface area contributed by atoms with Crippen molar-refractivity contribution in [1.29, 1.82) is 0 Å². The van der Waals surface area contributed by atoms with Gasteiger partial charge in [0, 0.05) is 11.6 Å². The number of methoxy groups -OCH3 is 1. The molecule has 0 aliphatic carbocycles. The van der Waals surface area contributed by atoms with Crippen LogP contribution in [-0.2, 0) is 4.74 Å². The molecule has 0 spiro atoms. The molecule has 0 unspecified atom stereocenters. The van der Waals surface area contributed by atoms with Crippen LogP contribution in [0.15, 0.2) is 40.9 Å². The highest BCUT2D eigenvalue weighted by atomic mass is 79.9. The summed E-state index contributed by atoms with van der Waals surface area (Å²) in [4.78, 5) is 34.2. The molecule has 130 valence electrons. The van der Waals surface area contributed by atoms with Crippen molar-refractivity contribution < 1.29 is 24.0 Å². The molecular weight excluding hydrogens is 418 g/mol. The quantitative estimate of drug-likeness (QED) is 0.298. The summed E-state index contributed by atoms with van der Waals surface area (Å²) in [6, 6.07) is 8.18. The van der Waals surface area contributed by atoms with Crippen LogP contribution in [0.25, 0.3) is 0 Å². The minimum atomic E-state index is -0.860. The van der Waals surface area contributed by atoms with Crippen LogP contribution < -0.4 is 4.74 Å². The number of hydrogen-bond acceptors (Lipinski definition) is 6. The number of halogens is 2. The van der Waals surface area contributed by atoms with Crippen LogP contribution in [0.5, 0.6) is 5.75 Å². The van der Waals surface area contributed by atoms with Gasteiger partial charge in [0.05, 0.1) is 22.1 Å². The Morgan fingerprint density at radius 2 is 1.88 bits per heavy atom. The van der Waals surface area contributed by atoms with E-state index in [0.717, 1.165) is 6.07 Å². The van der Waals surface area contributed by atoms with Gasteiger partial charge in [-0.3, -0.25) is 14.9 Å². The fourth-order valence-electron chi connectivity index (χ4n) is 1.92. The predicted octanol–water partition coefficient (Wildman–Crippen LogP) is 4.06. The zero-order valence-electron chi connectivity index (χ0n) is 12.8. The lowest BCUT2D eigenvalue weighted by molar-refractivity contribution is -0.384. The van der Waals surface area contributed by atoms with Crippen LogP contribution >= 0.6 is 27.5 Å². The van der Waals surface area contributed by atoms with E-state index in [1.165, 1.54) is 25.3 Å². The van der Waals surface area contributed by atoms with Gasteiger partial charge in [-0.1, -0.05) is 11.6 Å². The lowest BCUT2D eigenvalue weighted by Gasteiger charge is -2.07. The first-order valence-electron chi connectivity index (χ1n) is 6.81. The first-order valence-corrected chi connectivity index (χ1v) is 7.98. The number of rotatable bonds is 6. The van der Waals surface area contributed by atoms with E-state index in [1.54, 1.807) is 12.1 Å². The summed E-state index contributed by atoms with van der Waals surface area (Å²) in [5.41, 5.74) is -0.163. The number of benzene rings is 2. The van der Waals surface area contributed by atoms with Crippen LogP contribution in [0.4, 0.5) is 5.69 Å². The number of nitro benzene ring substituents is 1. The summed E-state index contributed by atoms with van der Waals surface area (Å²) in [5.74, 6) is -0.733.